The molecule has 234 valence electrons. The molecule has 0 radical (unpaired) electrons. The van der Waals surface area contributed by atoms with E-state index >= 15 is 0 Å². The fraction of sp³-hybridized carbons (Fsp3) is 0.692. The van der Waals surface area contributed by atoms with E-state index in [9.17, 15) is 0 Å². The summed E-state index contributed by atoms with van der Waals surface area (Å²) in [6.07, 6.45) is 15.2. The number of rotatable bonds is 4. The normalized spacial score (nSPS) is 42.8. The largest absolute Gasteiger partial charge is 0.500 e. The third kappa shape index (κ3) is 2.59. The number of ether oxygens (including phenoxy) is 4. The first-order valence-electron chi connectivity index (χ1n) is 17.9. The first-order valence-corrected chi connectivity index (χ1v) is 17.9. The minimum Gasteiger partial charge on any atom is -0.500 e. The summed E-state index contributed by atoms with van der Waals surface area (Å²) < 4.78 is 26.8. The average Bonchev–Trinajstić information content (AvgIpc) is 3.78. The fourth-order valence-corrected chi connectivity index (χ4v) is 13.8. The van der Waals surface area contributed by atoms with Crippen LogP contribution in [0.3, 0.4) is 0 Å². The molecular weight excluding hydrogens is 546 g/mol. The molecule has 7 atom stereocenters. The van der Waals surface area contributed by atoms with Crippen molar-refractivity contribution in [3.63, 3.8) is 0 Å². The Hall–Kier alpha value is -2.08. The van der Waals surface area contributed by atoms with E-state index in [1.807, 2.05) is 21.3 Å². The number of benzene rings is 1. The van der Waals surface area contributed by atoms with Gasteiger partial charge in [0.05, 0.1) is 20.3 Å². The summed E-state index contributed by atoms with van der Waals surface area (Å²) in [5.74, 6) is 2.60. The molecule has 1 saturated heterocycles. The van der Waals surface area contributed by atoms with Gasteiger partial charge in [-0.1, -0.05) is 43.7 Å². The van der Waals surface area contributed by atoms with Crippen molar-refractivity contribution in [3.05, 3.63) is 62.4 Å². The molecule has 0 N–H and O–H groups in total. The minimum atomic E-state index is -0.449. The molecule has 2 unspecified atom stereocenters. The summed E-state index contributed by atoms with van der Waals surface area (Å²) in [6, 6.07) is 5.22. The Labute approximate surface area is 263 Å². The molecule has 5 nitrogen and oxygen atoms in total. The Balaban J connectivity index is 1.32. The molecule has 0 spiro atoms. The van der Waals surface area contributed by atoms with Gasteiger partial charge in [0.2, 0.25) is 0 Å². The van der Waals surface area contributed by atoms with Gasteiger partial charge in [-0.3, -0.25) is 0 Å². The van der Waals surface area contributed by atoms with Crippen LogP contribution in [0.4, 0.5) is 5.69 Å². The number of hydrogen-bond donors (Lipinski definition) is 0. The van der Waals surface area contributed by atoms with Crippen LogP contribution in [0, 0.1) is 30.1 Å². The Morgan fingerprint density at radius 1 is 0.750 bits per heavy atom. The van der Waals surface area contributed by atoms with Crippen LogP contribution in [0.2, 0.25) is 0 Å². The number of anilines is 1. The van der Waals surface area contributed by atoms with Gasteiger partial charge in [-0.2, -0.15) is 0 Å². The van der Waals surface area contributed by atoms with Gasteiger partial charge >= 0.3 is 0 Å². The first-order chi connectivity index (χ1) is 21.6. The molecule has 5 fully saturated rings. The molecule has 1 aromatic carbocycles. The van der Waals surface area contributed by atoms with Gasteiger partial charge in [0, 0.05) is 72.7 Å². The topological polar surface area (TPSA) is 40.2 Å². The third-order valence-corrected chi connectivity index (χ3v) is 14.7. The Morgan fingerprint density at radius 2 is 1.45 bits per heavy atom. The fourth-order valence-electron chi connectivity index (χ4n) is 13.8. The van der Waals surface area contributed by atoms with E-state index in [4.69, 9.17) is 18.9 Å². The van der Waals surface area contributed by atoms with Crippen molar-refractivity contribution >= 4 is 5.69 Å². The maximum atomic E-state index is 7.23. The minimum absolute atomic E-state index is 0.0304. The highest BCUT2D eigenvalue weighted by molar-refractivity contribution is 5.83. The summed E-state index contributed by atoms with van der Waals surface area (Å²) >= 11 is 0. The molecule has 0 aromatic heterocycles. The zero-order chi connectivity index (χ0) is 29.6. The zero-order valence-electron chi connectivity index (χ0n) is 27.3. The van der Waals surface area contributed by atoms with Crippen molar-refractivity contribution in [3.8, 4) is 0 Å². The number of nitrogens with zero attached hydrogens (tertiary/aromatic N) is 1. The average molecular weight is 596 g/mol. The van der Waals surface area contributed by atoms with Gasteiger partial charge in [-0.15, -0.1) is 0 Å². The lowest BCUT2D eigenvalue weighted by molar-refractivity contribution is -0.0885. The molecule has 9 aliphatic rings. The van der Waals surface area contributed by atoms with Crippen molar-refractivity contribution in [2.45, 2.75) is 101 Å². The smallest absolute Gasteiger partial charge is 0.125 e. The van der Waals surface area contributed by atoms with E-state index < -0.39 is 11.2 Å². The molecule has 4 saturated carbocycles. The Kier molecular flexibility index (Phi) is 5.43. The molecule has 4 bridgehead atoms. The number of morpholine rings is 1. The first kappa shape index (κ1) is 27.1. The van der Waals surface area contributed by atoms with Gasteiger partial charge in [0.1, 0.15) is 17.0 Å². The molecule has 0 amide bonds. The Morgan fingerprint density at radius 3 is 2.18 bits per heavy atom. The van der Waals surface area contributed by atoms with E-state index in [0.717, 1.165) is 26.3 Å². The summed E-state index contributed by atoms with van der Waals surface area (Å²) in [4.78, 5) is 2.59. The van der Waals surface area contributed by atoms with Crippen molar-refractivity contribution in [1.82, 2.24) is 0 Å². The SMILES string of the molecule is COC1=C2C(=C3CCCC[C@@H]31)[C@@]13CCCCC1[C@]2(OC)C1=C3[C@@]23CCCCC2[C@]1(OC)c1cc(C)c(N2CCOCC2)cc13. The number of methoxy groups -OCH3 is 3. The monoisotopic (exact) mass is 595 g/mol. The Bertz CT molecular complexity index is 1580. The van der Waals surface area contributed by atoms with Crippen LogP contribution in [0.25, 0.3) is 0 Å². The number of hydrogen-bond acceptors (Lipinski definition) is 5. The van der Waals surface area contributed by atoms with Crippen LogP contribution >= 0.6 is 0 Å². The zero-order valence-corrected chi connectivity index (χ0v) is 27.3. The van der Waals surface area contributed by atoms with Gasteiger partial charge in [0.25, 0.3) is 0 Å². The molecule has 1 aliphatic heterocycles. The van der Waals surface area contributed by atoms with E-state index in [-0.39, 0.29) is 10.8 Å². The van der Waals surface area contributed by atoms with Gasteiger partial charge < -0.3 is 23.8 Å². The molecule has 5 heteroatoms. The number of fused-ring (bicyclic) bond motifs is 7. The van der Waals surface area contributed by atoms with Crippen molar-refractivity contribution < 1.29 is 18.9 Å². The highest BCUT2D eigenvalue weighted by atomic mass is 16.5. The lowest BCUT2D eigenvalue weighted by atomic mass is 9.52. The lowest BCUT2D eigenvalue weighted by Gasteiger charge is -2.51. The number of allylic oxidation sites excluding steroid dienone is 2. The van der Waals surface area contributed by atoms with Gasteiger partial charge in [-0.25, -0.2) is 0 Å². The highest BCUT2D eigenvalue weighted by Crippen LogP contribution is 2.88. The van der Waals surface area contributed by atoms with Crippen molar-refractivity contribution in [2.75, 3.05) is 52.5 Å². The molecule has 8 aliphatic carbocycles. The van der Waals surface area contributed by atoms with Crippen LogP contribution in [0.5, 0.6) is 0 Å². The predicted molar refractivity (Wildman–Crippen MR) is 171 cm³/mol. The lowest BCUT2D eigenvalue weighted by Crippen LogP contribution is -2.51. The second kappa shape index (κ2) is 8.83. The molecular formula is C39H49NO4. The summed E-state index contributed by atoms with van der Waals surface area (Å²) in [6.45, 7) is 5.92. The predicted octanol–water partition coefficient (Wildman–Crippen LogP) is 7.42. The summed E-state index contributed by atoms with van der Waals surface area (Å²) in [7, 11) is 6.02. The highest BCUT2D eigenvalue weighted by Gasteiger charge is 2.86. The van der Waals surface area contributed by atoms with E-state index in [0.29, 0.717) is 17.8 Å². The maximum absolute atomic E-state index is 7.23. The van der Waals surface area contributed by atoms with Gasteiger partial charge in [-0.05, 0) is 85.8 Å². The number of aryl methyl sites for hydroxylation is 1. The van der Waals surface area contributed by atoms with Crippen LogP contribution in [-0.2, 0) is 30.0 Å². The van der Waals surface area contributed by atoms with Crippen LogP contribution < -0.4 is 4.90 Å². The third-order valence-electron chi connectivity index (χ3n) is 14.7. The van der Waals surface area contributed by atoms with E-state index in [1.54, 1.807) is 27.9 Å². The standard InChI is InChI=1S/C39H49NO4/c1-23-21-27-26(22-28(23)40-17-19-44-20-18-40)36-15-9-7-13-29(36)38(27,42-3)35-34(36)37-16-10-8-14-30(37)39(35,43-4)32-31(37)24-11-5-6-12-25(24)33(32)41-2/h21-22,25,29-30H,5-20H2,1-4H3/t25-,29?,30?,36+,37+,38+,39+/m0/s1. The van der Waals surface area contributed by atoms with Crippen molar-refractivity contribution in [1.29, 1.82) is 0 Å². The van der Waals surface area contributed by atoms with Crippen LogP contribution in [-0.4, -0.2) is 53.2 Å². The molecule has 1 aromatic rings. The second-order valence-electron chi connectivity index (χ2n) is 15.6. The molecule has 1 heterocycles. The maximum Gasteiger partial charge on any atom is 0.125 e. The van der Waals surface area contributed by atoms with Crippen LogP contribution in [0.15, 0.2) is 45.8 Å². The van der Waals surface area contributed by atoms with E-state index in [1.165, 1.54) is 105 Å². The van der Waals surface area contributed by atoms with Gasteiger partial charge in [0.15, 0.2) is 0 Å². The summed E-state index contributed by atoms with van der Waals surface area (Å²) in [5, 5.41) is 0. The molecule has 44 heavy (non-hydrogen) atoms. The quantitative estimate of drug-likeness (QED) is 0.339. The van der Waals surface area contributed by atoms with Crippen molar-refractivity contribution in [2.24, 2.45) is 23.2 Å². The molecule has 10 rings (SSSR count). The summed E-state index contributed by atoms with van der Waals surface area (Å²) in [5.41, 5.74) is 13.3. The van der Waals surface area contributed by atoms with Crippen LogP contribution in [0.1, 0.15) is 93.7 Å². The second-order valence-corrected chi connectivity index (χ2v) is 15.6. The van der Waals surface area contributed by atoms with E-state index in [2.05, 4.69) is 24.0 Å².